The molecule has 0 radical (unpaired) electrons. The van der Waals surface area contributed by atoms with Crippen LogP contribution in [0.25, 0.3) is 0 Å². The summed E-state index contributed by atoms with van der Waals surface area (Å²) in [5.41, 5.74) is 2.12. The van der Waals surface area contributed by atoms with Crippen LogP contribution >= 0.6 is 0 Å². The quantitative estimate of drug-likeness (QED) is 0.742. The highest BCUT2D eigenvalue weighted by atomic mass is 16.6. The van der Waals surface area contributed by atoms with Crippen molar-refractivity contribution >= 4 is 11.8 Å². The molecule has 0 saturated heterocycles. The Labute approximate surface area is 127 Å². The first-order valence-electron chi connectivity index (χ1n) is 7.15. The van der Waals surface area contributed by atoms with Crippen molar-refractivity contribution in [3.05, 3.63) is 49.1 Å². The van der Waals surface area contributed by atoms with Gasteiger partial charge >= 0.3 is 6.09 Å². The van der Waals surface area contributed by atoms with Gasteiger partial charge in [0.1, 0.15) is 5.75 Å². The van der Waals surface area contributed by atoms with E-state index in [9.17, 15) is 4.79 Å². The van der Waals surface area contributed by atoms with E-state index >= 15 is 0 Å². The van der Waals surface area contributed by atoms with Crippen molar-refractivity contribution in [3.63, 3.8) is 0 Å². The van der Waals surface area contributed by atoms with Crippen molar-refractivity contribution < 1.29 is 9.53 Å². The van der Waals surface area contributed by atoms with E-state index in [1.807, 2.05) is 38.1 Å². The highest BCUT2D eigenvalue weighted by Crippen LogP contribution is 2.25. The largest absolute Gasteiger partial charge is 0.412 e. The second kappa shape index (κ2) is 8.84. The van der Waals surface area contributed by atoms with E-state index in [-0.39, 0.29) is 0 Å². The molecule has 1 N–H and O–H groups in total. The van der Waals surface area contributed by atoms with E-state index in [1.54, 1.807) is 6.07 Å². The molecule has 4 nitrogen and oxygen atoms in total. The van der Waals surface area contributed by atoms with E-state index < -0.39 is 6.09 Å². The summed E-state index contributed by atoms with van der Waals surface area (Å²) in [5, 5.41) is 2.68. The van der Waals surface area contributed by atoms with Gasteiger partial charge in [-0.05, 0) is 37.1 Å². The molecule has 0 spiro atoms. The number of anilines is 1. The van der Waals surface area contributed by atoms with Crippen LogP contribution < -0.4 is 15.0 Å². The monoisotopic (exact) mass is 288 g/mol. The van der Waals surface area contributed by atoms with Crippen molar-refractivity contribution in [2.45, 2.75) is 20.3 Å². The number of rotatable bonds is 8. The van der Waals surface area contributed by atoms with Crippen molar-refractivity contribution in [2.24, 2.45) is 0 Å². The van der Waals surface area contributed by atoms with Gasteiger partial charge in [-0.2, -0.15) is 0 Å². The third-order valence-corrected chi connectivity index (χ3v) is 2.94. The molecule has 114 valence electrons. The molecular weight excluding hydrogens is 264 g/mol. The lowest BCUT2D eigenvalue weighted by Gasteiger charge is -2.24. The maximum absolute atomic E-state index is 11.5. The summed E-state index contributed by atoms with van der Waals surface area (Å²) >= 11 is 0. The second-order valence-electron chi connectivity index (χ2n) is 4.75. The van der Waals surface area contributed by atoms with Gasteiger partial charge < -0.3 is 15.0 Å². The number of amides is 1. The summed E-state index contributed by atoms with van der Waals surface area (Å²) in [6.45, 7) is 13.6. The number of benzene rings is 1. The molecule has 1 rings (SSSR count). The lowest BCUT2D eigenvalue weighted by molar-refractivity contribution is 0.200. The maximum Gasteiger partial charge on any atom is 0.412 e. The Morgan fingerprint density at radius 1 is 1.33 bits per heavy atom. The number of hydrogen-bond donors (Lipinski definition) is 1. The van der Waals surface area contributed by atoms with Gasteiger partial charge in [0.15, 0.2) is 0 Å². The lowest BCUT2D eigenvalue weighted by Crippen LogP contribution is -2.27. The first-order valence-corrected chi connectivity index (χ1v) is 7.15. The fraction of sp³-hybridized carbons (Fsp3) is 0.353. The zero-order valence-corrected chi connectivity index (χ0v) is 12.9. The lowest BCUT2D eigenvalue weighted by atomic mass is 10.1. The summed E-state index contributed by atoms with van der Waals surface area (Å²) in [7, 11) is 0. The van der Waals surface area contributed by atoms with Gasteiger partial charge in [-0.25, -0.2) is 4.79 Å². The van der Waals surface area contributed by atoms with E-state index in [1.165, 1.54) is 0 Å². The van der Waals surface area contributed by atoms with Crippen molar-refractivity contribution in [3.8, 4) is 5.75 Å². The van der Waals surface area contributed by atoms with Crippen LogP contribution in [0.4, 0.5) is 10.5 Å². The smallest absolute Gasteiger partial charge is 0.410 e. The Balaban J connectivity index is 2.81. The highest BCUT2D eigenvalue weighted by molar-refractivity contribution is 5.71. The summed E-state index contributed by atoms with van der Waals surface area (Å²) in [6, 6.07) is 5.61. The van der Waals surface area contributed by atoms with Gasteiger partial charge in [0.25, 0.3) is 0 Å². The molecule has 4 heteroatoms. The van der Waals surface area contributed by atoms with E-state index in [2.05, 4.69) is 23.4 Å². The van der Waals surface area contributed by atoms with E-state index in [4.69, 9.17) is 4.74 Å². The number of nitrogens with one attached hydrogen (secondary N) is 1. The molecule has 1 amide bonds. The molecule has 1 aromatic carbocycles. The predicted octanol–water partition coefficient (Wildman–Crippen LogP) is 3.67. The standard InChI is InChI=1S/C17H24N2O2/c1-5-10-18-17(20)21-15-8-9-16(14(4)13-15)19(11-6-2)12-7-3/h6-9,13H,2-3,5,10-12H2,1,4H3,(H,18,20). The molecule has 0 fully saturated rings. The van der Waals surface area contributed by atoms with Crippen LogP contribution in [0.1, 0.15) is 18.9 Å². The minimum absolute atomic E-state index is 0.418. The normalized spacial score (nSPS) is 9.81. The first-order chi connectivity index (χ1) is 10.1. The van der Waals surface area contributed by atoms with Crippen molar-refractivity contribution in [1.82, 2.24) is 5.32 Å². The summed E-state index contributed by atoms with van der Waals surface area (Å²) in [5.74, 6) is 0.544. The topological polar surface area (TPSA) is 41.6 Å². The minimum atomic E-state index is -0.418. The minimum Gasteiger partial charge on any atom is -0.410 e. The van der Waals surface area contributed by atoms with Crippen molar-refractivity contribution in [2.75, 3.05) is 24.5 Å². The zero-order valence-electron chi connectivity index (χ0n) is 12.9. The maximum atomic E-state index is 11.5. The number of ether oxygens (including phenoxy) is 1. The van der Waals surface area contributed by atoms with Crippen LogP contribution in [-0.4, -0.2) is 25.7 Å². The summed E-state index contributed by atoms with van der Waals surface area (Å²) < 4.78 is 5.24. The Bertz CT molecular complexity index is 488. The van der Waals surface area contributed by atoms with Crippen LogP contribution in [0.5, 0.6) is 5.75 Å². The van der Waals surface area contributed by atoms with Crippen LogP contribution in [0, 0.1) is 6.92 Å². The SMILES string of the molecule is C=CCN(CC=C)c1ccc(OC(=O)NCCC)cc1C. The Hall–Kier alpha value is -2.23. The van der Waals surface area contributed by atoms with Gasteiger partial charge in [-0.1, -0.05) is 19.1 Å². The molecule has 21 heavy (non-hydrogen) atoms. The van der Waals surface area contributed by atoms with Gasteiger partial charge in [0.2, 0.25) is 0 Å². The molecule has 0 aliphatic carbocycles. The van der Waals surface area contributed by atoms with Crippen LogP contribution in [-0.2, 0) is 0 Å². The average Bonchev–Trinajstić information content (AvgIpc) is 2.45. The Kier molecular flexibility index (Phi) is 7.09. The molecule has 0 unspecified atom stereocenters. The molecular formula is C17H24N2O2. The number of hydrogen-bond acceptors (Lipinski definition) is 3. The molecule has 0 saturated carbocycles. The number of nitrogens with zero attached hydrogens (tertiary/aromatic N) is 1. The van der Waals surface area contributed by atoms with E-state index in [0.29, 0.717) is 12.3 Å². The van der Waals surface area contributed by atoms with Crippen molar-refractivity contribution in [1.29, 1.82) is 0 Å². The fourth-order valence-corrected chi connectivity index (χ4v) is 2.00. The number of carbonyl (C=O) groups is 1. The van der Waals surface area contributed by atoms with Crippen LogP contribution in [0.15, 0.2) is 43.5 Å². The van der Waals surface area contributed by atoms with Gasteiger partial charge in [0, 0.05) is 25.3 Å². The summed E-state index contributed by atoms with van der Waals surface area (Å²) in [6.07, 6.45) is 4.17. The van der Waals surface area contributed by atoms with Crippen LogP contribution in [0.2, 0.25) is 0 Å². The van der Waals surface area contributed by atoms with E-state index in [0.717, 1.165) is 30.8 Å². The predicted molar refractivity (Wildman–Crippen MR) is 88.1 cm³/mol. The first kappa shape index (κ1) is 16.8. The summed E-state index contributed by atoms with van der Waals surface area (Å²) in [4.78, 5) is 13.7. The third kappa shape index (κ3) is 5.34. The molecule has 0 aliphatic heterocycles. The molecule has 0 atom stereocenters. The van der Waals surface area contributed by atoms with Crippen LogP contribution in [0.3, 0.4) is 0 Å². The second-order valence-corrected chi connectivity index (χ2v) is 4.75. The van der Waals surface area contributed by atoms with Gasteiger partial charge in [0.05, 0.1) is 0 Å². The Morgan fingerprint density at radius 3 is 2.52 bits per heavy atom. The number of carbonyl (C=O) groups excluding carboxylic acids is 1. The molecule has 0 bridgehead atoms. The number of aryl methyl sites for hydroxylation is 1. The Morgan fingerprint density at radius 2 is 2.00 bits per heavy atom. The zero-order chi connectivity index (χ0) is 15.7. The molecule has 0 heterocycles. The third-order valence-electron chi connectivity index (χ3n) is 2.94. The average molecular weight is 288 g/mol. The fourth-order valence-electron chi connectivity index (χ4n) is 2.00. The highest BCUT2D eigenvalue weighted by Gasteiger charge is 2.09. The molecule has 0 aliphatic rings. The molecule has 0 aromatic heterocycles. The van der Waals surface area contributed by atoms with Gasteiger partial charge in [-0.3, -0.25) is 0 Å². The molecule has 1 aromatic rings. The van der Waals surface area contributed by atoms with Gasteiger partial charge in [-0.15, -0.1) is 13.2 Å².